The highest BCUT2D eigenvalue weighted by Crippen LogP contribution is 2.30. The molecule has 0 radical (unpaired) electrons. The second-order valence-electron chi connectivity index (χ2n) is 6.54. The van der Waals surface area contributed by atoms with Gasteiger partial charge in [-0.2, -0.15) is 0 Å². The molecule has 118 valence electrons. The Morgan fingerprint density at radius 3 is 2.61 bits per heavy atom. The molecule has 2 aromatic rings. The lowest BCUT2D eigenvalue weighted by molar-refractivity contribution is 0.100. The number of methoxy groups -OCH3 is 1. The molecule has 23 heavy (non-hydrogen) atoms. The van der Waals surface area contributed by atoms with Gasteiger partial charge in [0, 0.05) is 5.56 Å². The highest BCUT2D eigenvalue weighted by atomic mass is 16.5. The van der Waals surface area contributed by atoms with E-state index < -0.39 is 0 Å². The number of benzene rings is 2. The van der Waals surface area contributed by atoms with Crippen LogP contribution in [0.4, 0.5) is 0 Å². The highest BCUT2D eigenvalue weighted by molar-refractivity contribution is 6.16. The van der Waals surface area contributed by atoms with Crippen molar-refractivity contribution in [3.63, 3.8) is 0 Å². The fourth-order valence-electron chi connectivity index (χ4n) is 3.07. The maximum Gasteiger partial charge on any atom is 0.168 e. The second kappa shape index (κ2) is 5.99. The van der Waals surface area contributed by atoms with Crippen molar-refractivity contribution in [1.82, 2.24) is 0 Å². The van der Waals surface area contributed by atoms with Crippen molar-refractivity contribution in [2.75, 3.05) is 7.11 Å². The van der Waals surface area contributed by atoms with Gasteiger partial charge in [0.15, 0.2) is 5.78 Å². The molecule has 0 saturated heterocycles. The molecule has 0 aromatic heterocycles. The Kier molecular flexibility index (Phi) is 4.03. The monoisotopic (exact) mass is 307 g/mol. The number of nitrogens with zero attached hydrogens (tertiary/aromatic N) is 1. The van der Waals surface area contributed by atoms with E-state index >= 15 is 0 Å². The molecule has 0 spiro atoms. The van der Waals surface area contributed by atoms with Gasteiger partial charge in [0.05, 0.1) is 24.8 Å². The Balaban J connectivity index is 1.95. The number of hydrogen-bond acceptors (Lipinski definition) is 3. The van der Waals surface area contributed by atoms with Crippen LogP contribution < -0.4 is 4.74 Å². The van der Waals surface area contributed by atoms with Crippen LogP contribution in [0.3, 0.4) is 0 Å². The van der Waals surface area contributed by atoms with Crippen LogP contribution in [0.2, 0.25) is 0 Å². The number of ketones is 1. The van der Waals surface area contributed by atoms with E-state index in [0.717, 1.165) is 29.0 Å². The third kappa shape index (κ3) is 3.34. The van der Waals surface area contributed by atoms with Crippen LogP contribution in [0.15, 0.2) is 53.5 Å². The number of aliphatic imine (C=N–C) groups is 1. The standard InChI is InChI=1S/C20H21NO2/c1-20(2)13-15-11-16(23-3)9-10-17(15)18(21-20)12-19(22)14-7-5-4-6-8-14/h4-11H,12-13H2,1-3H3. The zero-order valence-electron chi connectivity index (χ0n) is 13.8. The third-order valence-electron chi connectivity index (χ3n) is 4.11. The van der Waals surface area contributed by atoms with Gasteiger partial charge in [-0.25, -0.2) is 0 Å². The zero-order chi connectivity index (χ0) is 16.4. The molecule has 0 N–H and O–H groups in total. The molecule has 0 unspecified atom stereocenters. The quantitative estimate of drug-likeness (QED) is 0.798. The normalized spacial score (nSPS) is 15.5. The van der Waals surface area contributed by atoms with E-state index in [9.17, 15) is 4.79 Å². The molecule has 1 aliphatic heterocycles. The SMILES string of the molecule is COc1ccc2c(c1)CC(C)(C)N=C2CC(=O)c1ccccc1. The maximum atomic E-state index is 12.6. The minimum absolute atomic E-state index is 0.101. The van der Waals surface area contributed by atoms with Crippen molar-refractivity contribution in [3.8, 4) is 5.75 Å². The lowest BCUT2D eigenvalue weighted by Crippen LogP contribution is -2.30. The average molecular weight is 307 g/mol. The van der Waals surface area contributed by atoms with Crippen LogP contribution in [0.1, 0.15) is 41.8 Å². The summed E-state index contributed by atoms with van der Waals surface area (Å²) in [4.78, 5) is 17.4. The van der Waals surface area contributed by atoms with Gasteiger partial charge >= 0.3 is 0 Å². The van der Waals surface area contributed by atoms with Crippen molar-refractivity contribution >= 4 is 11.5 Å². The fourth-order valence-corrected chi connectivity index (χ4v) is 3.07. The smallest absolute Gasteiger partial charge is 0.168 e. The first-order chi connectivity index (χ1) is 11.0. The molecule has 0 atom stereocenters. The van der Waals surface area contributed by atoms with Gasteiger partial charge in [-0.05, 0) is 49.6 Å². The van der Waals surface area contributed by atoms with Gasteiger partial charge in [0.1, 0.15) is 5.75 Å². The van der Waals surface area contributed by atoms with Crippen LogP contribution in [0.5, 0.6) is 5.75 Å². The molecule has 1 heterocycles. The zero-order valence-corrected chi connectivity index (χ0v) is 13.8. The summed E-state index contributed by atoms with van der Waals surface area (Å²) in [5.41, 5.74) is 3.65. The van der Waals surface area contributed by atoms with E-state index in [1.165, 1.54) is 5.56 Å². The molecule has 0 fully saturated rings. The lowest BCUT2D eigenvalue weighted by Gasteiger charge is -2.29. The number of ether oxygens (including phenoxy) is 1. The highest BCUT2D eigenvalue weighted by Gasteiger charge is 2.28. The minimum Gasteiger partial charge on any atom is -0.497 e. The van der Waals surface area contributed by atoms with Gasteiger partial charge in [-0.1, -0.05) is 30.3 Å². The molecular weight excluding hydrogens is 286 g/mol. The van der Waals surface area contributed by atoms with Gasteiger partial charge in [0.2, 0.25) is 0 Å². The van der Waals surface area contributed by atoms with E-state index in [1.807, 2.05) is 42.5 Å². The molecule has 3 heteroatoms. The van der Waals surface area contributed by atoms with Crippen molar-refractivity contribution in [2.45, 2.75) is 32.2 Å². The number of fused-ring (bicyclic) bond motifs is 1. The van der Waals surface area contributed by atoms with Crippen molar-refractivity contribution in [1.29, 1.82) is 0 Å². The predicted octanol–water partition coefficient (Wildman–Crippen LogP) is 4.09. The Morgan fingerprint density at radius 1 is 1.17 bits per heavy atom. The topological polar surface area (TPSA) is 38.7 Å². The summed E-state index contributed by atoms with van der Waals surface area (Å²) in [6.07, 6.45) is 1.18. The number of rotatable bonds is 4. The molecular formula is C20H21NO2. The maximum absolute atomic E-state index is 12.6. The molecule has 2 aromatic carbocycles. The first-order valence-corrected chi connectivity index (χ1v) is 7.83. The average Bonchev–Trinajstić information content (AvgIpc) is 2.54. The van der Waals surface area contributed by atoms with Gasteiger partial charge < -0.3 is 4.74 Å². The van der Waals surface area contributed by atoms with Gasteiger partial charge in [-0.3, -0.25) is 9.79 Å². The number of hydrogen-bond donors (Lipinski definition) is 0. The number of carbonyl (C=O) groups excluding carboxylic acids is 1. The van der Waals surface area contributed by atoms with E-state index in [-0.39, 0.29) is 11.3 Å². The van der Waals surface area contributed by atoms with Gasteiger partial charge in [-0.15, -0.1) is 0 Å². The number of carbonyl (C=O) groups is 1. The van der Waals surface area contributed by atoms with Crippen molar-refractivity contribution < 1.29 is 9.53 Å². The summed E-state index contributed by atoms with van der Waals surface area (Å²) in [7, 11) is 1.67. The molecule has 0 amide bonds. The molecule has 0 aliphatic carbocycles. The first kappa shape index (κ1) is 15.5. The van der Waals surface area contributed by atoms with E-state index in [2.05, 4.69) is 19.9 Å². The van der Waals surface area contributed by atoms with E-state index in [1.54, 1.807) is 7.11 Å². The Bertz CT molecular complexity index is 760. The van der Waals surface area contributed by atoms with Crippen LogP contribution in [0.25, 0.3) is 0 Å². The van der Waals surface area contributed by atoms with Crippen molar-refractivity contribution in [2.24, 2.45) is 4.99 Å². The van der Waals surface area contributed by atoms with Gasteiger partial charge in [0.25, 0.3) is 0 Å². The third-order valence-corrected chi connectivity index (χ3v) is 4.11. The summed E-state index contributed by atoms with van der Waals surface area (Å²) < 4.78 is 5.33. The van der Waals surface area contributed by atoms with Crippen LogP contribution in [-0.4, -0.2) is 24.1 Å². The summed E-state index contributed by atoms with van der Waals surface area (Å²) in [5.74, 6) is 0.944. The van der Waals surface area contributed by atoms with Crippen LogP contribution in [-0.2, 0) is 6.42 Å². The van der Waals surface area contributed by atoms with Crippen LogP contribution >= 0.6 is 0 Å². The Hall–Kier alpha value is -2.42. The van der Waals surface area contributed by atoms with Crippen LogP contribution in [0, 0.1) is 0 Å². The number of Topliss-reactive ketones (excluding diaryl/α,β-unsaturated/α-hetero) is 1. The molecule has 0 saturated carbocycles. The largest absolute Gasteiger partial charge is 0.497 e. The summed E-state index contributed by atoms with van der Waals surface area (Å²) in [6, 6.07) is 15.4. The van der Waals surface area contributed by atoms with E-state index in [4.69, 9.17) is 9.73 Å². The second-order valence-corrected chi connectivity index (χ2v) is 6.54. The minimum atomic E-state index is -0.203. The molecule has 3 nitrogen and oxygen atoms in total. The molecule has 0 bridgehead atoms. The Morgan fingerprint density at radius 2 is 1.91 bits per heavy atom. The lowest BCUT2D eigenvalue weighted by atomic mass is 9.85. The predicted molar refractivity (Wildman–Crippen MR) is 92.7 cm³/mol. The molecule has 1 aliphatic rings. The fraction of sp³-hybridized carbons (Fsp3) is 0.300. The summed E-state index contributed by atoms with van der Waals surface area (Å²) in [5, 5.41) is 0. The Labute approximate surface area is 137 Å². The summed E-state index contributed by atoms with van der Waals surface area (Å²) in [6.45, 7) is 4.20. The summed E-state index contributed by atoms with van der Waals surface area (Å²) >= 11 is 0. The van der Waals surface area contributed by atoms with E-state index in [0.29, 0.717) is 6.42 Å². The first-order valence-electron chi connectivity index (χ1n) is 7.83. The van der Waals surface area contributed by atoms with Crippen molar-refractivity contribution in [3.05, 3.63) is 65.2 Å². The molecule has 3 rings (SSSR count).